The Balaban J connectivity index is 1.25. The highest BCUT2D eigenvalue weighted by Crippen LogP contribution is 2.46. The van der Waals surface area contributed by atoms with Crippen LogP contribution in [0.3, 0.4) is 0 Å². The normalized spacial score (nSPS) is 11.5. The van der Waals surface area contributed by atoms with Gasteiger partial charge in [-0.05, 0) is 117 Å². The second-order valence-corrected chi connectivity index (χ2v) is 13.6. The van der Waals surface area contributed by atoms with Crippen LogP contribution in [0.15, 0.2) is 206 Å². The number of hydrogen-bond donors (Lipinski definition) is 0. The van der Waals surface area contributed by atoms with Crippen LogP contribution in [0.4, 0.5) is 0 Å². The lowest BCUT2D eigenvalue weighted by Gasteiger charge is -2.20. The number of hydrogen-bond acceptors (Lipinski definition) is 0. The summed E-state index contributed by atoms with van der Waals surface area (Å²) in [5.41, 5.74) is 12.3. The maximum Gasteiger partial charge on any atom is -0.00261 e. The molecular formula is C52H34. The summed E-state index contributed by atoms with van der Waals surface area (Å²) in [6.45, 7) is 0. The van der Waals surface area contributed by atoms with Crippen molar-refractivity contribution in [1.82, 2.24) is 0 Å². The molecule has 0 N–H and O–H groups in total. The molecule has 0 aliphatic carbocycles. The van der Waals surface area contributed by atoms with Crippen molar-refractivity contribution in [1.29, 1.82) is 0 Å². The Bertz CT molecular complexity index is 2890. The monoisotopic (exact) mass is 658 g/mol. The molecule has 0 saturated carbocycles. The van der Waals surface area contributed by atoms with E-state index < -0.39 is 0 Å². The number of rotatable bonds is 5. The summed E-state index contributed by atoms with van der Waals surface area (Å²) in [6, 6.07) is 75.6. The Morgan fingerprint density at radius 2 is 0.692 bits per heavy atom. The van der Waals surface area contributed by atoms with Gasteiger partial charge in [-0.1, -0.05) is 188 Å². The first-order valence-electron chi connectivity index (χ1n) is 18.0. The van der Waals surface area contributed by atoms with E-state index in [0.717, 1.165) is 0 Å². The molecule has 10 rings (SSSR count). The quantitative estimate of drug-likeness (QED) is 0.161. The zero-order valence-electron chi connectivity index (χ0n) is 28.6. The Morgan fingerprint density at radius 1 is 0.192 bits per heavy atom. The van der Waals surface area contributed by atoms with Crippen LogP contribution in [0.25, 0.3) is 98.7 Å². The van der Waals surface area contributed by atoms with Crippen molar-refractivity contribution < 1.29 is 0 Å². The van der Waals surface area contributed by atoms with Crippen molar-refractivity contribution in [3.8, 4) is 55.6 Å². The van der Waals surface area contributed by atoms with E-state index in [1.54, 1.807) is 0 Å². The van der Waals surface area contributed by atoms with Crippen molar-refractivity contribution >= 4 is 43.1 Å². The second kappa shape index (κ2) is 12.5. The second-order valence-electron chi connectivity index (χ2n) is 13.6. The molecule has 0 heteroatoms. The van der Waals surface area contributed by atoms with E-state index in [1.165, 1.54) is 98.7 Å². The standard InChI is InChI=1S/C52H34/c1-2-16-37(17-3-1)51-46-23-8-10-25-48(46)52(49-26-11-9-24-47(49)51)42-30-31-45(44-27-13-19-36-15-6-7-22-43(36)44)50(34-42)41-21-12-20-39(33-41)40-29-28-35-14-4-5-18-38(35)32-40/h1-34H. The van der Waals surface area contributed by atoms with Gasteiger partial charge in [0.25, 0.3) is 0 Å². The van der Waals surface area contributed by atoms with Gasteiger partial charge in [-0.15, -0.1) is 0 Å². The third-order valence-corrected chi connectivity index (χ3v) is 10.6. The molecule has 242 valence electrons. The van der Waals surface area contributed by atoms with E-state index in [0.29, 0.717) is 0 Å². The molecule has 10 aromatic carbocycles. The molecular weight excluding hydrogens is 625 g/mol. The first-order valence-corrected chi connectivity index (χ1v) is 18.0. The minimum absolute atomic E-state index is 1.20. The fourth-order valence-electron chi connectivity index (χ4n) is 8.22. The van der Waals surface area contributed by atoms with E-state index in [1.807, 2.05) is 0 Å². The molecule has 0 amide bonds. The average Bonchev–Trinajstić information content (AvgIpc) is 3.22. The van der Waals surface area contributed by atoms with Crippen LogP contribution in [0.5, 0.6) is 0 Å². The fourth-order valence-corrected chi connectivity index (χ4v) is 8.22. The van der Waals surface area contributed by atoms with Crippen LogP contribution < -0.4 is 0 Å². The van der Waals surface area contributed by atoms with E-state index in [4.69, 9.17) is 0 Å². The van der Waals surface area contributed by atoms with Crippen molar-refractivity contribution in [2.24, 2.45) is 0 Å². The van der Waals surface area contributed by atoms with Gasteiger partial charge in [-0.2, -0.15) is 0 Å². The van der Waals surface area contributed by atoms with Crippen molar-refractivity contribution in [2.45, 2.75) is 0 Å². The lowest BCUT2D eigenvalue weighted by atomic mass is 9.83. The molecule has 0 fully saturated rings. The lowest BCUT2D eigenvalue weighted by Crippen LogP contribution is -1.93. The molecule has 0 unspecified atom stereocenters. The van der Waals surface area contributed by atoms with Crippen LogP contribution in [0.2, 0.25) is 0 Å². The summed E-state index contributed by atoms with van der Waals surface area (Å²) in [4.78, 5) is 0. The third-order valence-electron chi connectivity index (χ3n) is 10.6. The Hall–Kier alpha value is -6.76. The highest BCUT2D eigenvalue weighted by atomic mass is 14.2. The van der Waals surface area contributed by atoms with E-state index in [9.17, 15) is 0 Å². The largest absolute Gasteiger partial charge is 0.0622 e. The summed E-state index contributed by atoms with van der Waals surface area (Å²) in [6.07, 6.45) is 0. The van der Waals surface area contributed by atoms with Gasteiger partial charge in [-0.3, -0.25) is 0 Å². The smallest absolute Gasteiger partial charge is 0.00261 e. The van der Waals surface area contributed by atoms with Crippen molar-refractivity contribution in [3.05, 3.63) is 206 Å². The van der Waals surface area contributed by atoms with Crippen LogP contribution in [0.1, 0.15) is 0 Å². The van der Waals surface area contributed by atoms with Gasteiger partial charge in [0, 0.05) is 0 Å². The van der Waals surface area contributed by atoms with Gasteiger partial charge in [0.1, 0.15) is 0 Å². The summed E-state index contributed by atoms with van der Waals surface area (Å²) >= 11 is 0. The summed E-state index contributed by atoms with van der Waals surface area (Å²) in [5.74, 6) is 0. The lowest BCUT2D eigenvalue weighted by molar-refractivity contribution is 1.58. The SMILES string of the molecule is c1ccc(-c2c3ccccc3c(-c3ccc(-c4cccc5ccccc45)c(-c4cccc(-c5ccc6ccccc6c5)c4)c3)c3ccccc23)cc1. The van der Waals surface area contributed by atoms with Crippen LogP contribution in [0, 0.1) is 0 Å². The first kappa shape index (κ1) is 30.1. The fraction of sp³-hybridized carbons (Fsp3) is 0. The predicted molar refractivity (Wildman–Crippen MR) is 224 cm³/mol. The minimum atomic E-state index is 1.20. The van der Waals surface area contributed by atoms with Crippen molar-refractivity contribution in [3.63, 3.8) is 0 Å². The zero-order valence-corrected chi connectivity index (χ0v) is 28.6. The predicted octanol–water partition coefficient (Wildman–Crippen LogP) is 14.6. The van der Waals surface area contributed by atoms with E-state index >= 15 is 0 Å². The third kappa shape index (κ3) is 5.08. The van der Waals surface area contributed by atoms with Gasteiger partial charge in [0.15, 0.2) is 0 Å². The van der Waals surface area contributed by atoms with Crippen LogP contribution >= 0.6 is 0 Å². The van der Waals surface area contributed by atoms with E-state index in [2.05, 4.69) is 206 Å². The molecule has 10 aromatic rings. The van der Waals surface area contributed by atoms with Gasteiger partial charge < -0.3 is 0 Å². The highest BCUT2D eigenvalue weighted by molar-refractivity contribution is 6.21. The Kier molecular flexibility index (Phi) is 7.25. The maximum absolute atomic E-state index is 2.44. The maximum atomic E-state index is 2.44. The number of fused-ring (bicyclic) bond motifs is 4. The minimum Gasteiger partial charge on any atom is -0.0622 e. The first-order chi connectivity index (χ1) is 25.8. The number of benzene rings is 10. The molecule has 0 heterocycles. The molecule has 0 bridgehead atoms. The molecule has 0 saturated heterocycles. The molecule has 0 aliphatic rings. The Morgan fingerprint density at radius 3 is 1.42 bits per heavy atom. The highest BCUT2D eigenvalue weighted by Gasteiger charge is 2.19. The van der Waals surface area contributed by atoms with Crippen LogP contribution in [-0.2, 0) is 0 Å². The molecule has 0 spiro atoms. The summed E-state index contributed by atoms with van der Waals surface area (Å²) in [7, 11) is 0. The molecule has 0 aromatic heterocycles. The van der Waals surface area contributed by atoms with E-state index in [-0.39, 0.29) is 0 Å². The topological polar surface area (TPSA) is 0 Å². The van der Waals surface area contributed by atoms with Gasteiger partial charge in [-0.25, -0.2) is 0 Å². The van der Waals surface area contributed by atoms with Crippen molar-refractivity contribution in [2.75, 3.05) is 0 Å². The molecule has 0 atom stereocenters. The molecule has 0 aliphatic heterocycles. The summed E-state index contributed by atoms with van der Waals surface area (Å²) in [5, 5.41) is 10.1. The average molecular weight is 659 g/mol. The molecule has 52 heavy (non-hydrogen) atoms. The zero-order chi connectivity index (χ0) is 34.4. The molecule has 0 radical (unpaired) electrons. The summed E-state index contributed by atoms with van der Waals surface area (Å²) < 4.78 is 0. The van der Waals surface area contributed by atoms with Gasteiger partial charge in [0.05, 0.1) is 0 Å². The van der Waals surface area contributed by atoms with Gasteiger partial charge in [0.2, 0.25) is 0 Å². The Labute approximate surface area is 303 Å². The molecule has 0 nitrogen and oxygen atoms in total. The van der Waals surface area contributed by atoms with Gasteiger partial charge >= 0.3 is 0 Å². The van der Waals surface area contributed by atoms with Crippen LogP contribution in [-0.4, -0.2) is 0 Å².